The van der Waals surface area contributed by atoms with Crippen LogP contribution >= 0.6 is 0 Å². The van der Waals surface area contributed by atoms with Crippen LogP contribution in [-0.2, 0) is 18.5 Å². The molecule has 3 nitrogen and oxygen atoms in total. The Balaban J connectivity index is 0.000000606. The SMILES string of the molecule is CC.CN1CCn2nc(C(C)(C)C)cc2C1. The highest BCUT2D eigenvalue weighted by molar-refractivity contribution is 5.18. The quantitative estimate of drug-likeness (QED) is 0.674. The smallest absolute Gasteiger partial charge is 0.0681 e. The highest BCUT2D eigenvalue weighted by Crippen LogP contribution is 2.23. The topological polar surface area (TPSA) is 21.1 Å². The standard InChI is InChI=1S/C11H19N3.C2H6/c1-11(2,3)10-7-9-8-13(4)5-6-14(9)12-10;1-2/h7H,5-6,8H2,1-4H3;1-2H3. The Hall–Kier alpha value is -0.830. The molecule has 0 amide bonds. The van der Waals surface area contributed by atoms with E-state index in [1.165, 1.54) is 11.4 Å². The van der Waals surface area contributed by atoms with Crippen LogP contribution in [0.3, 0.4) is 0 Å². The number of nitrogens with zero attached hydrogens (tertiary/aromatic N) is 3. The van der Waals surface area contributed by atoms with Crippen molar-refractivity contribution in [3.8, 4) is 0 Å². The van der Waals surface area contributed by atoms with Gasteiger partial charge in [-0.05, 0) is 13.1 Å². The van der Waals surface area contributed by atoms with Crippen molar-refractivity contribution in [1.82, 2.24) is 14.7 Å². The van der Waals surface area contributed by atoms with E-state index in [2.05, 4.69) is 48.6 Å². The van der Waals surface area contributed by atoms with Gasteiger partial charge in [0.15, 0.2) is 0 Å². The fraction of sp³-hybridized carbons (Fsp3) is 0.769. The maximum atomic E-state index is 4.65. The maximum absolute atomic E-state index is 4.65. The first kappa shape index (κ1) is 13.2. The first-order chi connectivity index (χ1) is 7.47. The molecule has 1 aliphatic heterocycles. The lowest BCUT2D eigenvalue weighted by atomic mass is 9.92. The Labute approximate surface area is 99.4 Å². The molecule has 1 aromatic heterocycles. The molecule has 2 rings (SSSR count). The summed E-state index contributed by atoms with van der Waals surface area (Å²) in [4.78, 5) is 2.34. The largest absolute Gasteiger partial charge is 0.299 e. The van der Waals surface area contributed by atoms with Crippen molar-refractivity contribution < 1.29 is 0 Å². The van der Waals surface area contributed by atoms with Crippen LogP contribution in [-0.4, -0.2) is 28.3 Å². The summed E-state index contributed by atoms with van der Waals surface area (Å²) in [5, 5.41) is 4.65. The molecule has 1 aliphatic rings. The zero-order valence-corrected chi connectivity index (χ0v) is 11.5. The molecule has 92 valence electrons. The molecule has 0 atom stereocenters. The van der Waals surface area contributed by atoms with Crippen LogP contribution in [0.25, 0.3) is 0 Å². The fourth-order valence-corrected chi connectivity index (χ4v) is 1.76. The predicted octanol–water partition coefficient (Wildman–Crippen LogP) is 2.65. The van der Waals surface area contributed by atoms with E-state index in [1.54, 1.807) is 0 Å². The third-order valence-corrected chi connectivity index (χ3v) is 2.76. The molecule has 1 aromatic rings. The molecule has 3 heteroatoms. The number of aromatic nitrogens is 2. The zero-order valence-electron chi connectivity index (χ0n) is 11.5. The predicted molar refractivity (Wildman–Crippen MR) is 68.6 cm³/mol. The summed E-state index contributed by atoms with van der Waals surface area (Å²) < 4.78 is 2.15. The molecule has 0 saturated heterocycles. The van der Waals surface area contributed by atoms with Crippen LogP contribution in [0.4, 0.5) is 0 Å². The Morgan fingerprint density at radius 1 is 1.19 bits per heavy atom. The van der Waals surface area contributed by atoms with E-state index in [0.29, 0.717) is 0 Å². The van der Waals surface area contributed by atoms with Gasteiger partial charge in [-0.2, -0.15) is 5.10 Å². The molecule has 0 saturated carbocycles. The summed E-state index contributed by atoms with van der Waals surface area (Å²) in [6, 6.07) is 2.25. The monoisotopic (exact) mass is 223 g/mol. The molecule has 2 heterocycles. The van der Waals surface area contributed by atoms with Crippen molar-refractivity contribution in [2.75, 3.05) is 13.6 Å². The summed E-state index contributed by atoms with van der Waals surface area (Å²) in [7, 11) is 2.16. The van der Waals surface area contributed by atoms with Crippen molar-refractivity contribution in [1.29, 1.82) is 0 Å². The Bertz CT molecular complexity index is 333. The number of hydrogen-bond donors (Lipinski definition) is 0. The summed E-state index contributed by atoms with van der Waals surface area (Å²) in [6.07, 6.45) is 0. The van der Waals surface area contributed by atoms with Crippen LogP contribution in [0.15, 0.2) is 6.07 Å². The molecular weight excluding hydrogens is 198 g/mol. The second kappa shape index (κ2) is 5.00. The number of likely N-dealkylation sites (N-methyl/N-ethyl adjacent to an activating group) is 1. The summed E-state index contributed by atoms with van der Waals surface area (Å²) in [5.41, 5.74) is 2.73. The second-order valence-electron chi connectivity index (χ2n) is 5.23. The molecular formula is C13H25N3. The number of rotatable bonds is 0. The number of fused-ring (bicyclic) bond motifs is 1. The lowest BCUT2D eigenvalue weighted by Crippen LogP contribution is -2.30. The lowest BCUT2D eigenvalue weighted by Gasteiger charge is -2.22. The van der Waals surface area contributed by atoms with Crippen molar-refractivity contribution in [2.24, 2.45) is 0 Å². The first-order valence-electron chi connectivity index (χ1n) is 6.22. The average Bonchev–Trinajstić information content (AvgIpc) is 2.63. The minimum Gasteiger partial charge on any atom is -0.299 e. The Morgan fingerprint density at radius 2 is 1.81 bits per heavy atom. The van der Waals surface area contributed by atoms with E-state index < -0.39 is 0 Å². The molecule has 16 heavy (non-hydrogen) atoms. The van der Waals surface area contributed by atoms with Crippen molar-refractivity contribution in [3.63, 3.8) is 0 Å². The van der Waals surface area contributed by atoms with Crippen LogP contribution < -0.4 is 0 Å². The van der Waals surface area contributed by atoms with Crippen LogP contribution in [0.1, 0.15) is 46.0 Å². The van der Waals surface area contributed by atoms with Gasteiger partial charge in [0.25, 0.3) is 0 Å². The van der Waals surface area contributed by atoms with Crippen molar-refractivity contribution in [2.45, 2.75) is 53.1 Å². The van der Waals surface area contributed by atoms with Crippen LogP contribution in [0.5, 0.6) is 0 Å². The van der Waals surface area contributed by atoms with E-state index in [0.717, 1.165) is 19.6 Å². The van der Waals surface area contributed by atoms with E-state index >= 15 is 0 Å². The molecule has 0 bridgehead atoms. The van der Waals surface area contributed by atoms with Gasteiger partial charge in [0.05, 0.1) is 17.9 Å². The Morgan fingerprint density at radius 3 is 2.38 bits per heavy atom. The minimum absolute atomic E-state index is 0.170. The van der Waals surface area contributed by atoms with Crippen LogP contribution in [0.2, 0.25) is 0 Å². The highest BCUT2D eigenvalue weighted by Gasteiger charge is 2.22. The van der Waals surface area contributed by atoms with Gasteiger partial charge in [0, 0.05) is 18.5 Å². The lowest BCUT2D eigenvalue weighted by molar-refractivity contribution is 0.258. The second-order valence-corrected chi connectivity index (χ2v) is 5.23. The van der Waals surface area contributed by atoms with Gasteiger partial charge >= 0.3 is 0 Å². The normalized spacial score (nSPS) is 16.4. The highest BCUT2D eigenvalue weighted by atomic mass is 15.3. The maximum Gasteiger partial charge on any atom is 0.0681 e. The van der Waals surface area contributed by atoms with E-state index in [4.69, 9.17) is 0 Å². The summed E-state index contributed by atoms with van der Waals surface area (Å²) in [5.74, 6) is 0. The van der Waals surface area contributed by atoms with Gasteiger partial charge in [-0.3, -0.25) is 9.58 Å². The van der Waals surface area contributed by atoms with Gasteiger partial charge < -0.3 is 0 Å². The zero-order chi connectivity index (χ0) is 12.3. The molecule has 0 N–H and O–H groups in total. The van der Waals surface area contributed by atoms with E-state index in [1.807, 2.05) is 13.8 Å². The van der Waals surface area contributed by atoms with E-state index in [9.17, 15) is 0 Å². The Kier molecular flexibility index (Phi) is 4.14. The third-order valence-electron chi connectivity index (χ3n) is 2.76. The fourth-order valence-electron chi connectivity index (χ4n) is 1.76. The van der Waals surface area contributed by atoms with Gasteiger partial charge in [-0.25, -0.2) is 0 Å². The molecule has 0 radical (unpaired) electrons. The van der Waals surface area contributed by atoms with Gasteiger partial charge in [0.2, 0.25) is 0 Å². The van der Waals surface area contributed by atoms with Crippen molar-refractivity contribution in [3.05, 3.63) is 17.5 Å². The first-order valence-corrected chi connectivity index (χ1v) is 6.22. The van der Waals surface area contributed by atoms with Crippen LogP contribution in [0, 0.1) is 0 Å². The molecule has 0 aromatic carbocycles. The van der Waals surface area contributed by atoms with Gasteiger partial charge in [-0.15, -0.1) is 0 Å². The number of hydrogen-bond acceptors (Lipinski definition) is 2. The molecule has 0 aliphatic carbocycles. The minimum atomic E-state index is 0.170. The summed E-state index contributed by atoms with van der Waals surface area (Å²) >= 11 is 0. The summed E-state index contributed by atoms with van der Waals surface area (Å²) in [6.45, 7) is 13.8. The molecule has 0 spiro atoms. The average molecular weight is 223 g/mol. The van der Waals surface area contributed by atoms with Gasteiger partial charge in [-0.1, -0.05) is 34.6 Å². The van der Waals surface area contributed by atoms with Gasteiger partial charge in [0.1, 0.15) is 0 Å². The molecule has 0 fully saturated rings. The molecule has 0 unspecified atom stereocenters. The van der Waals surface area contributed by atoms with E-state index in [-0.39, 0.29) is 5.41 Å². The van der Waals surface area contributed by atoms with Crippen molar-refractivity contribution >= 4 is 0 Å². The third kappa shape index (κ3) is 2.85.